The van der Waals surface area contributed by atoms with Crippen molar-refractivity contribution in [2.45, 2.75) is 45.7 Å². The van der Waals surface area contributed by atoms with E-state index in [-0.39, 0.29) is 11.6 Å². The molecular weight excluding hydrogens is 408 g/mol. The molecule has 0 saturated carbocycles. The summed E-state index contributed by atoms with van der Waals surface area (Å²) in [5.74, 6) is 0.540. The predicted octanol–water partition coefficient (Wildman–Crippen LogP) is 2.40. The molecular formula is C24H34N4O4. The maximum absolute atomic E-state index is 12.8. The van der Waals surface area contributed by atoms with E-state index < -0.39 is 11.9 Å². The molecule has 174 valence electrons. The Bertz CT molecular complexity index is 847. The van der Waals surface area contributed by atoms with Crippen LogP contribution in [0.1, 0.15) is 48.5 Å². The summed E-state index contributed by atoms with van der Waals surface area (Å²) in [4.78, 5) is 27.8. The van der Waals surface area contributed by atoms with Gasteiger partial charge in [-0.3, -0.25) is 14.5 Å². The summed E-state index contributed by atoms with van der Waals surface area (Å²) >= 11 is 0. The minimum atomic E-state index is -0.644. The summed E-state index contributed by atoms with van der Waals surface area (Å²) in [7, 11) is 0. The number of ether oxygens (including phenoxy) is 1. The van der Waals surface area contributed by atoms with Crippen molar-refractivity contribution >= 4 is 11.8 Å². The van der Waals surface area contributed by atoms with Crippen LogP contribution in [-0.4, -0.2) is 60.8 Å². The van der Waals surface area contributed by atoms with Gasteiger partial charge in [0.15, 0.2) is 11.5 Å². The van der Waals surface area contributed by atoms with Gasteiger partial charge in [-0.15, -0.1) is 0 Å². The van der Waals surface area contributed by atoms with Crippen molar-refractivity contribution in [1.29, 1.82) is 0 Å². The highest BCUT2D eigenvalue weighted by molar-refractivity contribution is 5.96. The molecule has 3 rings (SSSR count). The summed E-state index contributed by atoms with van der Waals surface area (Å²) in [6, 6.07) is 10.9. The van der Waals surface area contributed by atoms with Crippen LogP contribution in [0.4, 0.5) is 0 Å². The smallest absolute Gasteiger partial charge is 0.274 e. The molecule has 2 aromatic rings. The summed E-state index contributed by atoms with van der Waals surface area (Å²) in [6.07, 6.45) is 2.07. The van der Waals surface area contributed by atoms with E-state index in [0.29, 0.717) is 50.8 Å². The highest BCUT2D eigenvalue weighted by atomic mass is 16.5. The number of aryl methyl sites for hydroxylation is 1. The van der Waals surface area contributed by atoms with Crippen molar-refractivity contribution in [2.75, 3.05) is 32.8 Å². The molecule has 1 aromatic heterocycles. The topological polar surface area (TPSA) is 96.7 Å². The molecule has 1 saturated heterocycles. The van der Waals surface area contributed by atoms with Crippen molar-refractivity contribution in [3.8, 4) is 0 Å². The van der Waals surface area contributed by atoms with Gasteiger partial charge in [0.25, 0.3) is 5.91 Å². The van der Waals surface area contributed by atoms with Crippen molar-refractivity contribution in [3.63, 3.8) is 0 Å². The number of morpholine rings is 1. The zero-order chi connectivity index (χ0) is 22.8. The number of nitrogens with zero attached hydrogens (tertiary/aromatic N) is 2. The Labute approximate surface area is 189 Å². The fraction of sp³-hybridized carbons (Fsp3) is 0.542. The summed E-state index contributed by atoms with van der Waals surface area (Å²) in [6.45, 7) is 8.41. The van der Waals surface area contributed by atoms with Crippen LogP contribution in [0.25, 0.3) is 0 Å². The number of hydrogen-bond donors (Lipinski definition) is 2. The molecule has 0 bridgehead atoms. The molecule has 1 unspecified atom stereocenters. The van der Waals surface area contributed by atoms with Gasteiger partial charge >= 0.3 is 0 Å². The largest absolute Gasteiger partial charge is 0.379 e. The standard InChI is InChI=1S/C24H34N4O4/c1-18(2)10-11-25-23(29)21(9-8-19-6-4-3-5-7-19)26-24(30)22-16-20(32-27-22)17-28-12-14-31-15-13-28/h3-7,16,18,21H,8-15,17H2,1-2H3,(H,25,29)(H,26,30). The van der Waals surface area contributed by atoms with Crippen molar-refractivity contribution < 1.29 is 18.8 Å². The van der Waals surface area contributed by atoms with E-state index in [2.05, 4.69) is 34.5 Å². The number of aromatic nitrogens is 1. The van der Waals surface area contributed by atoms with Crippen LogP contribution in [-0.2, 0) is 22.5 Å². The number of rotatable bonds is 11. The highest BCUT2D eigenvalue weighted by Crippen LogP contribution is 2.11. The van der Waals surface area contributed by atoms with E-state index in [4.69, 9.17) is 9.26 Å². The molecule has 32 heavy (non-hydrogen) atoms. The molecule has 8 nitrogen and oxygen atoms in total. The zero-order valence-electron chi connectivity index (χ0n) is 19.0. The average Bonchev–Trinajstić information content (AvgIpc) is 3.26. The lowest BCUT2D eigenvalue weighted by Gasteiger charge is -2.25. The third kappa shape index (κ3) is 7.76. The Morgan fingerprint density at radius 3 is 2.59 bits per heavy atom. The lowest BCUT2D eigenvalue weighted by Crippen LogP contribution is -2.47. The molecule has 0 radical (unpaired) electrons. The van der Waals surface area contributed by atoms with Gasteiger partial charge in [-0.05, 0) is 30.7 Å². The first-order valence-corrected chi connectivity index (χ1v) is 11.4. The van der Waals surface area contributed by atoms with E-state index in [9.17, 15) is 9.59 Å². The molecule has 2 heterocycles. The number of benzene rings is 1. The van der Waals surface area contributed by atoms with Crippen LogP contribution >= 0.6 is 0 Å². The van der Waals surface area contributed by atoms with Gasteiger partial charge in [-0.25, -0.2) is 0 Å². The molecule has 1 atom stereocenters. The molecule has 1 aliphatic rings. The van der Waals surface area contributed by atoms with E-state index in [1.807, 2.05) is 30.3 Å². The van der Waals surface area contributed by atoms with Crippen molar-refractivity contribution in [3.05, 3.63) is 53.4 Å². The van der Waals surface area contributed by atoms with Gasteiger partial charge in [0.1, 0.15) is 6.04 Å². The Hall–Kier alpha value is -2.71. The first kappa shape index (κ1) is 23.9. The number of nitrogens with one attached hydrogen (secondary N) is 2. The van der Waals surface area contributed by atoms with Crippen LogP contribution in [0.15, 0.2) is 40.9 Å². The molecule has 1 aromatic carbocycles. The van der Waals surface area contributed by atoms with E-state index in [0.717, 1.165) is 25.1 Å². The summed E-state index contributed by atoms with van der Waals surface area (Å²) in [5, 5.41) is 9.72. The normalized spacial score (nSPS) is 15.5. The molecule has 2 N–H and O–H groups in total. The fourth-order valence-corrected chi connectivity index (χ4v) is 3.54. The fourth-order valence-electron chi connectivity index (χ4n) is 3.54. The van der Waals surface area contributed by atoms with E-state index >= 15 is 0 Å². The molecule has 1 fully saturated rings. The number of carbonyl (C=O) groups is 2. The van der Waals surface area contributed by atoms with Gasteiger partial charge in [-0.1, -0.05) is 49.3 Å². The van der Waals surface area contributed by atoms with Gasteiger partial charge in [0.05, 0.1) is 19.8 Å². The Balaban J connectivity index is 1.59. The second kappa shape index (κ2) is 12.4. The third-order valence-corrected chi connectivity index (χ3v) is 5.48. The van der Waals surface area contributed by atoms with Gasteiger partial charge in [0.2, 0.25) is 5.91 Å². The quantitative estimate of drug-likeness (QED) is 0.555. The minimum Gasteiger partial charge on any atom is -0.379 e. The monoisotopic (exact) mass is 442 g/mol. The second-order valence-electron chi connectivity index (χ2n) is 8.59. The lowest BCUT2D eigenvalue weighted by atomic mass is 10.0. The van der Waals surface area contributed by atoms with Crippen molar-refractivity contribution in [1.82, 2.24) is 20.7 Å². The molecule has 8 heteroatoms. The van der Waals surface area contributed by atoms with Crippen molar-refractivity contribution in [2.24, 2.45) is 5.92 Å². The van der Waals surface area contributed by atoms with Gasteiger partial charge < -0.3 is 19.9 Å². The SMILES string of the molecule is CC(C)CCNC(=O)C(CCc1ccccc1)NC(=O)c1cc(CN2CCOCC2)on1. The lowest BCUT2D eigenvalue weighted by molar-refractivity contribution is -0.123. The van der Waals surface area contributed by atoms with Crippen LogP contribution < -0.4 is 10.6 Å². The Morgan fingerprint density at radius 2 is 1.88 bits per heavy atom. The molecule has 0 aliphatic carbocycles. The maximum Gasteiger partial charge on any atom is 0.274 e. The first-order valence-electron chi connectivity index (χ1n) is 11.4. The maximum atomic E-state index is 12.8. The second-order valence-corrected chi connectivity index (χ2v) is 8.59. The van der Waals surface area contributed by atoms with E-state index in [1.165, 1.54) is 0 Å². The van der Waals surface area contributed by atoms with Gasteiger partial charge in [0, 0.05) is 25.7 Å². The average molecular weight is 443 g/mol. The summed E-state index contributed by atoms with van der Waals surface area (Å²) in [5.41, 5.74) is 1.31. The van der Waals surface area contributed by atoms with Crippen LogP contribution in [0.2, 0.25) is 0 Å². The Morgan fingerprint density at radius 1 is 1.12 bits per heavy atom. The number of carbonyl (C=O) groups excluding carboxylic acids is 2. The summed E-state index contributed by atoms with van der Waals surface area (Å²) < 4.78 is 10.7. The molecule has 2 amide bonds. The van der Waals surface area contributed by atoms with Crippen LogP contribution in [0.3, 0.4) is 0 Å². The molecule has 0 spiro atoms. The predicted molar refractivity (Wildman–Crippen MR) is 121 cm³/mol. The minimum absolute atomic E-state index is 0.174. The Kier molecular flexibility index (Phi) is 9.25. The molecule has 1 aliphatic heterocycles. The highest BCUT2D eigenvalue weighted by Gasteiger charge is 2.23. The first-order chi connectivity index (χ1) is 15.5. The van der Waals surface area contributed by atoms with E-state index in [1.54, 1.807) is 6.07 Å². The van der Waals surface area contributed by atoms with Gasteiger partial charge in [-0.2, -0.15) is 0 Å². The van der Waals surface area contributed by atoms with Crippen LogP contribution in [0.5, 0.6) is 0 Å². The van der Waals surface area contributed by atoms with Crippen LogP contribution in [0, 0.1) is 5.92 Å². The number of hydrogen-bond acceptors (Lipinski definition) is 6. The zero-order valence-corrected chi connectivity index (χ0v) is 19.0. The third-order valence-electron chi connectivity index (χ3n) is 5.48. The number of amides is 2.